The van der Waals surface area contributed by atoms with E-state index in [1.54, 1.807) is 19.4 Å². The van der Waals surface area contributed by atoms with Crippen molar-refractivity contribution in [2.75, 3.05) is 48.4 Å². The van der Waals surface area contributed by atoms with Crippen LogP contribution in [0.5, 0.6) is 6.01 Å². The topological polar surface area (TPSA) is 79.3 Å². The van der Waals surface area contributed by atoms with Crippen LogP contribution in [0.1, 0.15) is 32.1 Å². The van der Waals surface area contributed by atoms with Crippen LogP contribution in [0.2, 0.25) is 0 Å². The third-order valence-electron chi connectivity index (χ3n) is 5.23. The Bertz CT molecular complexity index is 798. The highest BCUT2D eigenvalue weighted by atomic mass is 19.1. The molecule has 2 aromatic rings. The Balaban J connectivity index is 1.47. The maximum Gasteiger partial charge on any atom is 0.322 e. The summed E-state index contributed by atoms with van der Waals surface area (Å²) < 4.78 is 19.3. The number of rotatable bonds is 5. The first-order valence-electron chi connectivity index (χ1n) is 9.90. The highest BCUT2D eigenvalue weighted by Gasteiger charge is 2.26. The quantitative estimate of drug-likeness (QED) is 0.838. The predicted octanol–water partition coefficient (Wildman–Crippen LogP) is 2.49. The summed E-state index contributed by atoms with van der Waals surface area (Å²) in [6, 6.07) is 3.45. The molecule has 1 N–H and O–H groups in total. The highest BCUT2D eigenvalue weighted by Crippen LogP contribution is 2.24. The lowest BCUT2D eigenvalue weighted by atomic mass is 10.2. The Labute approximate surface area is 164 Å². The van der Waals surface area contributed by atoms with Crippen molar-refractivity contribution < 1.29 is 9.13 Å². The molecule has 2 fully saturated rings. The lowest BCUT2D eigenvalue weighted by Crippen LogP contribution is -2.29. The van der Waals surface area contributed by atoms with Crippen molar-refractivity contribution in [2.45, 2.75) is 38.1 Å². The minimum Gasteiger partial charge on any atom is -0.467 e. The number of anilines is 3. The van der Waals surface area contributed by atoms with Gasteiger partial charge in [-0.2, -0.15) is 15.0 Å². The molecule has 0 bridgehead atoms. The summed E-state index contributed by atoms with van der Waals surface area (Å²) in [7, 11) is 1.56. The minimum atomic E-state index is -0.298. The number of pyridine rings is 1. The molecule has 2 saturated heterocycles. The molecule has 0 spiro atoms. The van der Waals surface area contributed by atoms with Gasteiger partial charge in [-0.15, -0.1) is 0 Å². The standard InChI is InChI=1S/C19H26FN7O/c1-28-19-24-17(23-18(25-19)26-10-4-2-3-5-11-26)22-14-8-12-27(13-14)16-15(20)7-6-9-21-16/h6-7,9,14H,2-5,8,10-13H2,1H3,(H,22,23,24,25). The molecule has 2 aromatic heterocycles. The molecule has 4 heterocycles. The van der Waals surface area contributed by atoms with Crippen LogP contribution >= 0.6 is 0 Å². The average Bonchev–Trinajstić information content (AvgIpc) is 2.99. The van der Waals surface area contributed by atoms with Crippen LogP contribution in [0.15, 0.2) is 18.3 Å². The fourth-order valence-corrected chi connectivity index (χ4v) is 3.78. The van der Waals surface area contributed by atoms with Crippen molar-refractivity contribution in [1.29, 1.82) is 0 Å². The fourth-order valence-electron chi connectivity index (χ4n) is 3.78. The van der Waals surface area contributed by atoms with E-state index in [4.69, 9.17) is 4.74 Å². The van der Waals surface area contributed by atoms with Gasteiger partial charge in [-0.05, 0) is 31.4 Å². The van der Waals surface area contributed by atoms with E-state index in [1.165, 1.54) is 18.9 Å². The maximum atomic E-state index is 14.0. The van der Waals surface area contributed by atoms with Crippen LogP contribution in [-0.4, -0.2) is 59.3 Å². The lowest BCUT2D eigenvalue weighted by Gasteiger charge is -2.22. The van der Waals surface area contributed by atoms with Gasteiger partial charge >= 0.3 is 6.01 Å². The molecular formula is C19H26FN7O. The van der Waals surface area contributed by atoms with Crippen LogP contribution in [0.25, 0.3) is 0 Å². The van der Waals surface area contributed by atoms with E-state index in [1.807, 2.05) is 4.90 Å². The number of nitrogens with zero attached hydrogens (tertiary/aromatic N) is 6. The summed E-state index contributed by atoms with van der Waals surface area (Å²) in [5.41, 5.74) is 0. The van der Waals surface area contributed by atoms with E-state index in [0.29, 0.717) is 30.3 Å². The molecule has 0 amide bonds. The minimum absolute atomic E-state index is 0.102. The van der Waals surface area contributed by atoms with E-state index in [9.17, 15) is 4.39 Å². The number of hydrogen-bond donors (Lipinski definition) is 1. The first-order valence-corrected chi connectivity index (χ1v) is 9.90. The first kappa shape index (κ1) is 18.6. The summed E-state index contributed by atoms with van der Waals surface area (Å²) in [6.07, 6.45) is 7.23. The van der Waals surface area contributed by atoms with Gasteiger partial charge in [-0.1, -0.05) is 12.8 Å². The molecule has 0 saturated carbocycles. The lowest BCUT2D eigenvalue weighted by molar-refractivity contribution is 0.378. The summed E-state index contributed by atoms with van der Waals surface area (Å²) in [4.78, 5) is 21.7. The average molecular weight is 387 g/mol. The van der Waals surface area contributed by atoms with Gasteiger partial charge in [0.15, 0.2) is 11.6 Å². The molecule has 150 valence electrons. The summed E-state index contributed by atoms with van der Waals surface area (Å²) in [6.45, 7) is 3.26. The predicted molar refractivity (Wildman–Crippen MR) is 105 cm³/mol. The highest BCUT2D eigenvalue weighted by molar-refractivity contribution is 5.44. The second-order valence-corrected chi connectivity index (χ2v) is 7.23. The van der Waals surface area contributed by atoms with Gasteiger partial charge < -0.3 is 19.9 Å². The normalized spacial score (nSPS) is 20.1. The molecule has 2 aliphatic rings. The molecule has 1 atom stereocenters. The van der Waals surface area contributed by atoms with Crippen LogP contribution in [0, 0.1) is 5.82 Å². The number of aromatic nitrogens is 4. The molecule has 0 aliphatic carbocycles. The summed E-state index contributed by atoms with van der Waals surface area (Å²) >= 11 is 0. The third kappa shape index (κ3) is 4.23. The number of nitrogens with one attached hydrogen (secondary N) is 1. The Kier molecular flexibility index (Phi) is 5.68. The Hall–Kier alpha value is -2.71. The van der Waals surface area contributed by atoms with E-state index < -0.39 is 0 Å². The van der Waals surface area contributed by atoms with E-state index in [0.717, 1.165) is 38.9 Å². The van der Waals surface area contributed by atoms with Gasteiger partial charge in [0, 0.05) is 38.4 Å². The molecular weight excluding hydrogens is 361 g/mol. The van der Waals surface area contributed by atoms with Crippen LogP contribution in [-0.2, 0) is 0 Å². The number of halogens is 1. The Morgan fingerprint density at radius 1 is 1.07 bits per heavy atom. The van der Waals surface area contributed by atoms with Gasteiger partial charge in [-0.3, -0.25) is 0 Å². The molecule has 0 aromatic carbocycles. The van der Waals surface area contributed by atoms with E-state index >= 15 is 0 Å². The van der Waals surface area contributed by atoms with E-state index in [2.05, 4.69) is 30.2 Å². The molecule has 1 unspecified atom stereocenters. The fraction of sp³-hybridized carbons (Fsp3) is 0.579. The van der Waals surface area contributed by atoms with Gasteiger partial charge in [0.1, 0.15) is 0 Å². The van der Waals surface area contributed by atoms with Gasteiger partial charge in [0.2, 0.25) is 11.9 Å². The van der Waals surface area contributed by atoms with E-state index in [-0.39, 0.29) is 11.9 Å². The second-order valence-electron chi connectivity index (χ2n) is 7.23. The molecule has 9 heteroatoms. The van der Waals surface area contributed by atoms with Crippen LogP contribution in [0.3, 0.4) is 0 Å². The Morgan fingerprint density at radius 2 is 1.89 bits per heavy atom. The summed E-state index contributed by atoms with van der Waals surface area (Å²) in [5, 5.41) is 3.37. The zero-order valence-electron chi connectivity index (χ0n) is 16.1. The second kappa shape index (κ2) is 8.53. The smallest absolute Gasteiger partial charge is 0.322 e. The van der Waals surface area contributed by atoms with Gasteiger partial charge in [-0.25, -0.2) is 9.37 Å². The van der Waals surface area contributed by atoms with Crippen molar-refractivity contribution in [3.8, 4) is 6.01 Å². The third-order valence-corrected chi connectivity index (χ3v) is 5.23. The maximum absolute atomic E-state index is 14.0. The van der Waals surface area contributed by atoms with Crippen molar-refractivity contribution in [3.05, 3.63) is 24.1 Å². The van der Waals surface area contributed by atoms with Crippen LogP contribution < -0.4 is 19.9 Å². The zero-order chi connectivity index (χ0) is 19.3. The molecule has 0 radical (unpaired) electrons. The van der Waals surface area contributed by atoms with Crippen molar-refractivity contribution in [1.82, 2.24) is 19.9 Å². The van der Waals surface area contributed by atoms with Crippen molar-refractivity contribution >= 4 is 17.7 Å². The molecule has 2 aliphatic heterocycles. The van der Waals surface area contributed by atoms with Gasteiger partial charge in [0.25, 0.3) is 0 Å². The zero-order valence-corrected chi connectivity index (χ0v) is 16.1. The summed E-state index contributed by atoms with van der Waals surface area (Å²) in [5.74, 6) is 1.25. The largest absolute Gasteiger partial charge is 0.467 e. The monoisotopic (exact) mass is 387 g/mol. The Morgan fingerprint density at radius 3 is 2.64 bits per heavy atom. The number of methoxy groups -OCH3 is 1. The SMILES string of the molecule is COc1nc(NC2CCN(c3ncccc3F)C2)nc(N2CCCCCC2)n1. The molecule has 28 heavy (non-hydrogen) atoms. The number of hydrogen-bond acceptors (Lipinski definition) is 8. The van der Waals surface area contributed by atoms with Gasteiger partial charge in [0.05, 0.1) is 7.11 Å². The van der Waals surface area contributed by atoms with Crippen molar-refractivity contribution in [2.24, 2.45) is 0 Å². The number of ether oxygens (including phenoxy) is 1. The van der Waals surface area contributed by atoms with Crippen molar-refractivity contribution in [3.63, 3.8) is 0 Å². The van der Waals surface area contributed by atoms with Crippen LogP contribution in [0.4, 0.5) is 22.1 Å². The molecule has 4 rings (SSSR count). The first-order chi connectivity index (χ1) is 13.7. The molecule has 8 nitrogen and oxygen atoms in total.